The smallest absolute Gasteiger partial charge is 0.120 e. The highest BCUT2D eigenvalue weighted by Crippen LogP contribution is 2.40. The van der Waals surface area contributed by atoms with E-state index in [1.165, 1.54) is 0 Å². The Morgan fingerprint density at radius 3 is 2.72 bits per heavy atom. The van der Waals surface area contributed by atoms with Gasteiger partial charge in [-0.2, -0.15) is 0 Å². The number of halogens is 3. The van der Waals surface area contributed by atoms with E-state index >= 15 is 0 Å². The van der Waals surface area contributed by atoms with Gasteiger partial charge in [0, 0.05) is 9.35 Å². The molecule has 0 aliphatic carbocycles. The lowest BCUT2D eigenvalue weighted by Gasteiger charge is -2.12. The quantitative estimate of drug-likeness (QED) is 0.613. The van der Waals surface area contributed by atoms with Crippen molar-refractivity contribution in [2.75, 3.05) is 6.61 Å². The third-order valence-electron chi connectivity index (χ3n) is 2.43. The van der Waals surface area contributed by atoms with Crippen LogP contribution in [0.2, 0.25) is 5.02 Å². The van der Waals surface area contributed by atoms with Crippen LogP contribution < -0.4 is 4.74 Å². The van der Waals surface area contributed by atoms with Gasteiger partial charge in [0.15, 0.2) is 0 Å². The molecule has 0 amide bonds. The zero-order valence-corrected chi connectivity index (χ0v) is 13.5. The molecule has 2 rings (SSSR count). The number of rotatable bonds is 4. The van der Waals surface area contributed by atoms with E-state index in [9.17, 15) is 0 Å². The minimum absolute atomic E-state index is 0.248. The molecule has 0 saturated carbocycles. The van der Waals surface area contributed by atoms with Gasteiger partial charge in [-0.3, -0.25) is 0 Å². The Bertz CT molecular complexity index is 542. The van der Waals surface area contributed by atoms with Crippen LogP contribution in [0.1, 0.15) is 22.7 Å². The van der Waals surface area contributed by atoms with Crippen LogP contribution in [0.4, 0.5) is 0 Å². The first-order chi connectivity index (χ1) is 8.63. The van der Waals surface area contributed by atoms with E-state index in [0.717, 1.165) is 20.7 Å². The Labute approximate surface area is 129 Å². The predicted octanol–water partition coefficient (Wildman–Crippen LogP) is 5.89. The van der Waals surface area contributed by atoms with Crippen molar-refractivity contribution >= 4 is 50.5 Å². The van der Waals surface area contributed by atoms with E-state index < -0.39 is 0 Å². The van der Waals surface area contributed by atoms with E-state index in [0.29, 0.717) is 11.6 Å². The van der Waals surface area contributed by atoms with Crippen molar-refractivity contribution in [1.29, 1.82) is 0 Å². The molecule has 1 unspecified atom stereocenters. The van der Waals surface area contributed by atoms with E-state index in [4.69, 9.17) is 27.9 Å². The number of hydrogen-bond acceptors (Lipinski definition) is 2. The summed E-state index contributed by atoms with van der Waals surface area (Å²) in [5, 5.41) is 2.40. The summed E-state index contributed by atoms with van der Waals surface area (Å²) >= 11 is 17.7. The Morgan fingerprint density at radius 1 is 1.39 bits per heavy atom. The lowest BCUT2D eigenvalue weighted by Crippen LogP contribution is -1.95. The van der Waals surface area contributed by atoms with Gasteiger partial charge in [-0.1, -0.05) is 33.6 Å². The topological polar surface area (TPSA) is 9.23 Å². The largest absolute Gasteiger partial charge is 0.494 e. The SMILES string of the molecule is CCOc1ccc(C(Cl)c2sccc2Cl)c(Br)c1. The summed E-state index contributed by atoms with van der Waals surface area (Å²) in [5.41, 5.74) is 0.990. The molecule has 0 saturated heterocycles. The monoisotopic (exact) mass is 364 g/mol. The summed E-state index contributed by atoms with van der Waals surface area (Å²) in [7, 11) is 0. The van der Waals surface area contributed by atoms with Crippen molar-refractivity contribution in [3.05, 3.63) is 49.6 Å². The normalized spacial score (nSPS) is 12.4. The minimum Gasteiger partial charge on any atom is -0.494 e. The average molecular weight is 366 g/mol. The zero-order valence-electron chi connectivity index (χ0n) is 9.62. The first-order valence-corrected chi connectivity index (χ1v) is 7.91. The second-order valence-electron chi connectivity index (χ2n) is 3.61. The molecule has 1 nitrogen and oxygen atoms in total. The number of benzene rings is 1. The van der Waals surface area contributed by atoms with Crippen molar-refractivity contribution in [2.45, 2.75) is 12.3 Å². The second kappa shape index (κ2) is 6.29. The molecule has 1 aromatic heterocycles. The third kappa shape index (κ3) is 3.02. The Balaban J connectivity index is 2.31. The molecule has 1 heterocycles. The molecule has 5 heteroatoms. The number of hydrogen-bond donors (Lipinski definition) is 0. The Hall–Kier alpha value is -0.220. The maximum Gasteiger partial charge on any atom is 0.120 e. The molecular weight excluding hydrogens is 355 g/mol. The molecule has 2 aromatic rings. The predicted molar refractivity (Wildman–Crippen MR) is 82.3 cm³/mol. The molecule has 0 radical (unpaired) electrons. The fraction of sp³-hybridized carbons (Fsp3) is 0.231. The van der Waals surface area contributed by atoms with Crippen molar-refractivity contribution < 1.29 is 4.74 Å². The van der Waals surface area contributed by atoms with Crippen molar-refractivity contribution in [3.8, 4) is 5.75 Å². The fourth-order valence-electron chi connectivity index (χ4n) is 1.60. The van der Waals surface area contributed by atoms with Gasteiger partial charge < -0.3 is 4.74 Å². The van der Waals surface area contributed by atoms with Crippen LogP contribution in [-0.2, 0) is 0 Å². The van der Waals surface area contributed by atoms with Crippen LogP contribution in [0.3, 0.4) is 0 Å². The fourth-order valence-corrected chi connectivity index (χ4v) is 3.99. The van der Waals surface area contributed by atoms with Gasteiger partial charge in [0.25, 0.3) is 0 Å². The van der Waals surface area contributed by atoms with E-state index in [-0.39, 0.29) is 5.38 Å². The van der Waals surface area contributed by atoms with Crippen molar-refractivity contribution in [3.63, 3.8) is 0 Å². The highest BCUT2D eigenvalue weighted by Gasteiger charge is 2.18. The maximum atomic E-state index is 6.47. The van der Waals surface area contributed by atoms with Gasteiger partial charge in [-0.25, -0.2) is 0 Å². The summed E-state index contributed by atoms with van der Waals surface area (Å²) in [5.74, 6) is 0.828. The van der Waals surface area contributed by atoms with Gasteiger partial charge in [0.2, 0.25) is 0 Å². The van der Waals surface area contributed by atoms with Gasteiger partial charge in [0.1, 0.15) is 5.75 Å². The van der Waals surface area contributed by atoms with Crippen LogP contribution in [0.25, 0.3) is 0 Å². The van der Waals surface area contributed by atoms with Crippen LogP contribution in [-0.4, -0.2) is 6.61 Å². The number of ether oxygens (including phenoxy) is 1. The first-order valence-electron chi connectivity index (χ1n) is 5.42. The first kappa shape index (κ1) is 14.2. The highest BCUT2D eigenvalue weighted by atomic mass is 79.9. The van der Waals surface area contributed by atoms with Gasteiger partial charge in [0.05, 0.1) is 17.0 Å². The number of thiophene rings is 1. The summed E-state index contributed by atoms with van der Waals surface area (Å²) in [4.78, 5) is 0.961. The highest BCUT2D eigenvalue weighted by molar-refractivity contribution is 9.10. The summed E-state index contributed by atoms with van der Waals surface area (Å²) < 4.78 is 6.37. The van der Waals surface area contributed by atoms with Gasteiger partial charge >= 0.3 is 0 Å². The summed E-state index contributed by atoms with van der Waals surface area (Å²) in [6.07, 6.45) is 0. The van der Waals surface area contributed by atoms with E-state index in [2.05, 4.69) is 15.9 Å². The number of alkyl halides is 1. The van der Waals surface area contributed by atoms with Crippen LogP contribution in [0.15, 0.2) is 34.1 Å². The van der Waals surface area contributed by atoms with Gasteiger partial charge in [-0.05, 0) is 36.1 Å². The molecule has 0 N–H and O–H groups in total. The van der Waals surface area contributed by atoms with Crippen LogP contribution >= 0.6 is 50.5 Å². The Kier molecular flexibility index (Phi) is 4.96. The van der Waals surface area contributed by atoms with Crippen LogP contribution in [0.5, 0.6) is 5.75 Å². The van der Waals surface area contributed by atoms with E-state index in [1.807, 2.05) is 36.6 Å². The third-order valence-corrected chi connectivity index (χ3v) is 5.12. The summed E-state index contributed by atoms with van der Waals surface area (Å²) in [6.45, 7) is 2.60. The lowest BCUT2D eigenvalue weighted by atomic mass is 10.1. The van der Waals surface area contributed by atoms with Crippen molar-refractivity contribution in [1.82, 2.24) is 0 Å². The van der Waals surface area contributed by atoms with Gasteiger partial charge in [-0.15, -0.1) is 22.9 Å². The minimum atomic E-state index is -0.248. The lowest BCUT2D eigenvalue weighted by molar-refractivity contribution is 0.340. The zero-order chi connectivity index (χ0) is 13.1. The molecule has 0 aliphatic heterocycles. The molecule has 0 spiro atoms. The Morgan fingerprint density at radius 2 is 2.17 bits per heavy atom. The molecule has 96 valence electrons. The molecule has 0 bridgehead atoms. The standard InChI is InChI=1S/C13H11BrCl2OS/c1-2-17-8-3-4-9(10(14)7-8)12(16)13-11(15)5-6-18-13/h3-7,12H,2H2,1H3. The molecule has 1 aromatic carbocycles. The molecule has 1 atom stereocenters. The molecule has 0 aliphatic rings. The maximum absolute atomic E-state index is 6.47. The van der Waals surface area contributed by atoms with Crippen LogP contribution in [0, 0.1) is 0 Å². The summed E-state index contributed by atoms with van der Waals surface area (Å²) in [6, 6.07) is 7.67. The average Bonchev–Trinajstić information content (AvgIpc) is 2.75. The molecule has 18 heavy (non-hydrogen) atoms. The van der Waals surface area contributed by atoms with E-state index in [1.54, 1.807) is 11.3 Å². The molecular formula is C13H11BrCl2OS. The van der Waals surface area contributed by atoms with Crippen molar-refractivity contribution in [2.24, 2.45) is 0 Å². The second-order valence-corrected chi connectivity index (χ2v) is 6.26. The molecule has 0 fully saturated rings.